The predicted octanol–water partition coefficient (Wildman–Crippen LogP) is 6.02. The van der Waals surface area contributed by atoms with Crippen LogP contribution < -0.4 is 0 Å². The molecule has 0 aromatic carbocycles. The van der Waals surface area contributed by atoms with E-state index in [4.69, 9.17) is 28.0 Å². The molecule has 1 saturated carbocycles. The highest BCUT2D eigenvalue weighted by Gasteiger charge is 2.55. The van der Waals surface area contributed by atoms with E-state index in [2.05, 4.69) is 13.8 Å². The van der Waals surface area contributed by atoms with Crippen molar-refractivity contribution in [2.75, 3.05) is 26.4 Å². The number of rotatable bonds is 40. The molecule has 9 N–H and O–H groups in total. The third-order valence-corrected chi connectivity index (χ3v) is 13.6. The predicted molar refractivity (Wildman–Crippen MR) is 245 cm³/mol. The van der Waals surface area contributed by atoms with Gasteiger partial charge in [0, 0.05) is 13.0 Å². The minimum absolute atomic E-state index is 0.206. The van der Waals surface area contributed by atoms with E-state index >= 15 is 0 Å². The van der Waals surface area contributed by atoms with Crippen LogP contribution in [-0.2, 0) is 37.4 Å². The summed E-state index contributed by atoms with van der Waals surface area (Å²) in [7, 11) is -5.23. The Hall–Kier alpha value is -0.860. The Kier molecular flexibility index (Phi) is 33.5. The molecule has 0 spiro atoms. The van der Waals surface area contributed by atoms with Crippen molar-refractivity contribution in [3.05, 3.63) is 0 Å². The summed E-state index contributed by atoms with van der Waals surface area (Å²) in [5.41, 5.74) is 0. The highest BCUT2D eigenvalue weighted by molar-refractivity contribution is 7.47. The van der Waals surface area contributed by atoms with Gasteiger partial charge in [-0.05, 0) is 12.8 Å². The molecule has 1 aliphatic carbocycles. The van der Waals surface area contributed by atoms with E-state index in [1.165, 1.54) is 122 Å². The van der Waals surface area contributed by atoms with Gasteiger partial charge in [0.1, 0.15) is 73.8 Å². The largest absolute Gasteiger partial charge is 0.472 e. The molecule has 0 amide bonds. The van der Waals surface area contributed by atoms with Crippen molar-refractivity contribution in [2.24, 2.45) is 0 Å². The molecule has 18 heteroatoms. The van der Waals surface area contributed by atoms with Gasteiger partial charge in [0.15, 0.2) is 6.29 Å². The number of aliphatic hydroxyl groups is 8. The first-order chi connectivity index (χ1) is 31.3. The summed E-state index contributed by atoms with van der Waals surface area (Å²) < 4.78 is 46.2. The number of carbonyl (C=O) groups excluding carboxylic acids is 1. The van der Waals surface area contributed by atoms with Crippen molar-refractivity contribution < 1.29 is 83.1 Å². The molecule has 13 atom stereocenters. The van der Waals surface area contributed by atoms with Crippen molar-refractivity contribution in [3.63, 3.8) is 0 Å². The molecule has 2 rings (SSSR count). The first kappa shape index (κ1) is 60.3. The van der Waals surface area contributed by atoms with Gasteiger partial charge in [-0.1, -0.05) is 174 Å². The molecule has 1 saturated heterocycles. The number of phosphoric acid groups is 1. The van der Waals surface area contributed by atoms with E-state index in [0.717, 1.165) is 38.5 Å². The first-order valence-electron chi connectivity index (χ1n) is 25.4. The minimum Gasteiger partial charge on any atom is -0.463 e. The number of ether oxygens (including phenoxy) is 4. The molecular weight excluding hydrogens is 867 g/mol. The van der Waals surface area contributed by atoms with E-state index in [-0.39, 0.29) is 19.6 Å². The zero-order valence-corrected chi connectivity index (χ0v) is 40.7. The monoisotopic (exact) mass is 959 g/mol. The molecule has 0 aromatic rings. The topological polar surface area (TPSA) is 272 Å². The second-order valence-electron chi connectivity index (χ2n) is 18.4. The SMILES string of the molecule is CCCCCCCCCCCCCCCCO[C@H](COC(=O)CCCCCCCCCCCCCCC)COP(=O)(O)O[C@@H]1C(O)C(O)[C@@H](O)[C@H](O)C1O[C@H]1OC(CO)[C@@H](O)C(O)[C@H]1O. The molecule has 17 nitrogen and oxygen atoms in total. The maximum absolute atomic E-state index is 13.4. The average Bonchev–Trinajstić information content (AvgIpc) is 3.29. The Labute approximate surface area is 389 Å². The van der Waals surface area contributed by atoms with Crippen LogP contribution >= 0.6 is 7.82 Å². The second kappa shape index (κ2) is 36.1. The molecule has 1 heterocycles. The van der Waals surface area contributed by atoms with Crippen molar-refractivity contribution in [1.29, 1.82) is 0 Å². The fraction of sp³-hybridized carbons (Fsp3) is 0.979. The fourth-order valence-electron chi connectivity index (χ4n) is 8.39. The van der Waals surface area contributed by atoms with Gasteiger partial charge in [0.2, 0.25) is 0 Å². The molecule has 6 unspecified atom stereocenters. The summed E-state index contributed by atoms with van der Waals surface area (Å²) in [4.78, 5) is 23.6. The van der Waals surface area contributed by atoms with Gasteiger partial charge in [-0.3, -0.25) is 13.8 Å². The summed E-state index contributed by atoms with van der Waals surface area (Å²) in [6.45, 7) is 3.00. The Balaban J connectivity index is 1.91. The number of esters is 1. The van der Waals surface area contributed by atoms with E-state index in [1.54, 1.807) is 0 Å². The van der Waals surface area contributed by atoms with E-state index in [1.807, 2.05) is 0 Å². The Morgan fingerprint density at radius 1 is 0.538 bits per heavy atom. The third kappa shape index (κ3) is 25.0. The lowest BCUT2D eigenvalue weighted by molar-refractivity contribution is -0.338. The summed E-state index contributed by atoms with van der Waals surface area (Å²) >= 11 is 0. The van der Waals surface area contributed by atoms with Gasteiger partial charge in [0.05, 0.1) is 13.2 Å². The van der Waals surface area contributed by atoms with Gasteiger partial charge in [-0.15, -0.1) is 0 Å². The average molecular weight is 959 g/mol. The molecule has 0 radical (unpaired) electrons. The minimum atomic E-state index is -5.23. The summed E-state index contributed by atoms with van der Waals surface area (Å²) in [5, 5.41) is 82.9. The van der Waals surface area contributed by atoms with Gasteiger partial charge in [0.25, 0.3) is 0 Å². The van der Waals surface area contributed by atoms with E-state index in [0.29, 0.717) is 12.8 Å². The van der Waals surface area contributed by atoms with Gasteiger partial charge in [-0.2, -0.15) is 0 Å². The van der Waals surface area contributed by atoms with Crippen LogP contribution in [0.2, 0.25) is 0 Å². The highest BCUT2D eigenvalue weighted by atomic mass is 31.2. The molecule has 2 aliphatic rings. The lowest BCUT2D eigenvalue weighted by Crippen LogP contribution is -2.67. The lowest BCUT2D eigenvalue weighted by atomic mass is 9.84. The van der Waals surface area contributed by atoms with Gasteiger partial charge < -0.3 is 64.7 Å². The molecule has 0 aromatic heterocycles. The van der Waals surface area contributed by atoms with E-state index in [9.17, 15) is 55.1 Å². The number of phosphoric ester groups is 1. The quantitative estimate of drug-likeness (QED) is 0.0193. The van der Waals surface area contributed by atoms with Crippen molar-refractivity contribution in [1.82, 2.24) is 0 Å². The third-order valence-electron chi connectivity index (χ3n) is 12.6. The zero-order chi connectivity index (χ0) is 47.9. The Bertz CT molecular complexity index is 1220. The molecular formula is C47H91O17P. The van der Waals surface area contributed by atoms with Crippen molar-refractivity contribution >= 4 is 13.8 Å². The number of hydrogen-bond acceptors (Lipinski definition) is 16. The van der Waals surface area contributed by atoms with Crippen LogP contribution in [0.3, 0.4) is 0 Å². The summed E-state index contributed by atoms with van der Waals surface area (Å²) in [6, 6.07) is 0. The number of hydrogen-bond donors (Lipinski definition) is 9. The molecule has 1 aliphatic heterocycles. The van der Waals surface area contributed by atoms with Crippen molar-refractivity contribution in [3.8, 4) is 0 Å². The number of aliphatic hydroxyl groups excluding tert-OH is 8. The van der Waals surface area contributed by atoms with Crippen LogP contribution in [0, 0.1) is 0 Å². The van der Waals surface area contributed by atoms with Crippen LogP contribution in [0.15, 0.2) is 0 Å². The fourth-order valence-corrected chi connectivity index (χ4v) is 9.36. The van der Waals surface area contributed by atoms with Crippen LogP contribution in [0.1, 0.15) is 194 Å². The molecule has 386 valence electrons. The van der Waals surface area contributed by atoms with Crippen molar-refractivity contribution in [2.45, 2.75) is 267 Å². The summed E-state index contributed by atoms with van der Waals surface area (Å²) in [6.07, 6.45) is 9.46. The van der Waals surface area contributed by atoms with Gasteiger partial charge in [-0.25, -0.2) is 4.57 Å². The Morgan fingerprint density at radius 2 is 0.954 bits per heavy atom. The van der Waals surface area contributed by atoms with Crippen LogP contribution in [0.4, 0.5) is 0 Å². The van der Waals surface area contributed by atoms with Crippen LogP contribution in [0.5, 0.6) is 0 Å². The lowest BCUT2D eigenvalue weighted by Gasteiger charge is -2.47. The second-order valence-corrected chi connectivity index (χ2v) is 19.8. The van der Waals surface area contributed by atoms with Gasteiger partial charge >= 0.3 is 13.8 Å². The molecule has 0 bridgehead atoms. The molecule has 65 heavy (non-hydrogen) atoms. The normalized spacial score (nSPS) is 28.6. The van der Waals surface area contributed by atoms with Crippen LogP contribution in [-0.4, -0.2) is 152 Å². The Morgan fingerprint density at radius 3 is 1.42 bits per heavy atom. The highest BCUT2D eigenvalue weighted by Crippen LogP contribution is 2.48. The maximum atomic E-state index is 13.4. The standard InChI is InChI=1S/C47H91O17P/c1-3-5-7-9-11-13-15-17-19-21-23-25-27-29-31-59-35(33-60-37(49)30-28-26-24-22-20-18-16-14-12-10-8-6-4-2)34-61-65(57,58)64-46-43(55)41(53)40(52)42(54)45(46)63-47-44(56)39(51)38(50)36(32-48)62-47/h35-36,38-48,50-56H,3-34H2,1-2H3,(H,57,58)/t35-,36?,38-,39?,40-,41?,42+,43?,44-,45?,46-,47-/m1/s1. The zero-order valence-electron chi connectivity index (χ0n) is 39.8. The summed E-state index contributed by atoms with van der Waals surface area (Å²) in [5.74, 6) is -0.443. The number of carbonyl (C=O) groups is 1. The van der Waals surface area contributed by atoms with Crippen LogP contribution in [0.25, 0.3) is 0 Å². The molecule has 2 fully saturated rings. The maximum Gasteiger partial charge on any atom is 0.472 e. The van der Waals surface area contributed by atoms with E-state index < -0.39 is 100 Å². The first-order valence-corrected chi connectivity index (χ1v) is 26.9. The number of unbranched alkanes of at least 4 members (excludes halogenated alkanes) is 25. The smallest absolute Gasteiger partial charge is 0.463 e.